The van der Waals surface area contributed by atoms with Gasteiger partial charge in [0.1, 0.15) is 47.4 Å². The molecule has 1 aliphatic heterocycles. The lowest BCUT2D eigenvalue weighted by molar-refractivity contribution is 0.301. The molecule has 170 valence electrons. The Morgan fingerprint density at radius 2 is 2.03 bits per heavy atom. The van der Waals surface area contributed by atoms with Gasteiger partial charge in [0.15, 0.2) is 6.19 Å². The monoisotopic (exact) mass is 518 g/mol. The van der Waals surface area contributed by atoms with Gasteiger partial charge < -0.3 is 26.3 Å². The number of nitrogens with zero attached hydrogens (tertiary/aromatic N) is 4. The number of anilines is 3. The number of rotatable bonds is 5. The van der Waals surface area contributed by atoms with Gasteiger partial charge in [-0.3, -0.25) is 5.32 Å². The zero-order chi connectivity index (χ0) is 24.2. The van der Waals surface area contributed by atoms with E-state index in [2.05, 4.69) is 36.5 Å². The van der Waals surface area contributed by atoms with Crippen molar-refractivity contribution in [3.05, 3.63) is 69.2 Å². The quantitative estimate of drug-likeness (QED) is 0.292. The van der Waals surface area contributed by atoms with E-state index in [0.29, 0.717) is 22.7 Å². The average molecular weight is 519 g/mol. The third-order valence-corrected chi connectivity index (χ3v) is 5.65. The fourth-order valence-electron chi connectivity index (χ4n) is 3.59. The lowest BCUT2D eigenvalue weighted by atomic mass is 9.94. The molecule has 1 aromatic heterocycles. The molecule has 10 nitrogen and oxygen atoms in total. The van der Waals surface area contributed by atoms with Crippen LogP contribution < -0.4 is 31.6 Å². The highest BCUT2D eigenvalue weighted by molar-refractivity contribution is 9.10. The van der Waals surface area contributed by atoms with Gasteiger partial charge in [-0.15, -0.1) is 0 Å². The molecular formula is C23H19BrN8O2. The van der Waals surface area contributed by atoms with Crippen LogP contribution in [0, 0.1) is 22.8 Å². The van der Waals surface area contributed by atoms with E-state index in [-0.39, 0.29) is 29.6 Å². The number of ether oxygens (including phenoxy) is 2. The number of aromatic nitrogens is 1. The van der Waals surface area contributed by atoms with Crippen molar-refractivity contribution in [3.63, 3.8) is 0 Å². The number of fused-ring (bicyclic) bond motifs is 1. The number of nitriles is 2. The normalized spacial score (nSPS) is 14.0. The topological polar surface area (TPSA) is 167 Å². The summed E-state index contributed by atoms with van der Waals surface area (Å²) in [5.41, 5.74) is 14.5. The number of nitrogens with one attached hydrogen (secondary N) is 2. The van der Waals surface area contributed by atoms with Crippen LogP contribution in [0.4, 0.5) is 17.3 Å². The van der Waals surface area contributed by atoms with Crippen molar-refractivity contribution in [3.8, 4) is 23.8 Å². The molecular weight excluding hydrogens is 500 g/mol. The van der Waals surface area contributed by atoms with Gasteiger partial charge in [0.05, 0.1) is 12.8 Å². The summed E-state index contributed by atoms with van der Waals surface area (Å²) in [6.07, 6.45) is 1.84. The zero-order valence-electron chi connectivity index (χ0n) is 18.0. The fourth-order valence-corrected chi connectivity index (χ4v) is 3.97. The van der Waals surface area contributed by atoms with Crippen molar-refractivity contribution in [2.75, 3.05) is 23.9 Å². The molecule has 1 unspecified atom stereocenters. The van der Waals surface area contributed by atoms with Crippen molar-refractivity contribution in [1.82, 2.24) is 10.3 Å². The molecule has 0 saturated heterocycles. The summed E-state index contributed by atoms with van der Waals surface area (Å²) >= 11 is 3.50. The Kier molecular flexibility index (Phi) is 6.39. The van der Waals surface area contributed by atoms with E-state index in [1.54, 1.807) is 13.2 Å². The second-order valence-corrected chi connectivity index (χ2v) is 8.14. The first-order valence-corrected chi connectivity index (χ1v) is 10.8. The van der Waals surface area contributed by atoms with Crippen LogP contribution in [0.5, 0.6) is 11.5 Å². The number of pyridine rings is 1. The van der Waals surface area contributed by atoms with Crippen LogP contribution in [0.1, 0.15) is 28.3 Å². The van der Waals surface area contributed by atoms with E-state index in [0.717, 1.165) is 15.8 Å². The largest absolute Gasteiger partial charge is 0.497 e. The molecule has 6 N–H and O–H groups in total. The minimum absolute atomic E-state index is 0.0213. The van der Waals surface area contributed by atoms with Crippen molar-refractivity contribution < 1.29 is 9.47 Å². The minimum atomic E-state index is -0.731. The van der Waals surface area contributed by atoms with Gasteiger partial charge in [-0.1, -0.05) is 28.1 Å². The third kappa shape index (κ3) is 4.37. The summed E-state index contributed by atoms with van der Waals surface area (Å²) in [6.45, 7) is 0.273. The molecule has 0 amide bonds. The van der Waals surface area contributed by atoms with Gasteiger partial charge in [-0.05, 0) is 35.9 Å². The Bertz CT molecular complexity index is 1380. The Hall–Kier alpha value is -4.48. The van der Waals surface area contributed by atoms with Gasteiger partial charge in [-0.2, -0.15) is 10.5 Å². The molecule has 0 aliphatic carbocycles. The number of aliphatic imine (C=N–C) groups is 1. The van der Waals surface area contributed by atoms with E-state index < -0.39 is 6.04 Å². The highest BCUT2D eigenvalue weighted by Gasteiger charge is 2.31. The maximum Gasteiger partial charge on any atom is 0.211 e. The van der Waals surface area contributed by atoms with E-state index in [4.69, 9.17) is 26.2 Å². The molecule has 1 aliphatic rings. The van der Waals surface area contributed by atoms with Crippen LogP contribution >= 0.6 is 15.9 Å². The first-order chi connectivity index (χ1) is 16.4. The van der Waals surface area contributed by atoms with Crippen LogP contribution in [0.2, 0.25) is 0 Å². The summed E-state index contributed by atoms with van der Waals surface area (Å²) in [5, 5.41) is 24.1. The molecule has 4 rings (SSSR count). The number of benzene rings is 2. The van der Waals surface area contributed by atoms with Gasteiger partial charge >= 0.3 is 0 Å². The molecule has 2 aromatic carbocycles. The van der Waals surface area contributed by atoms with Gasteiger partial charge in [0, 0.05) is 15.6 Å². The number of methoxy groups -OCH3 is 1. The Labute approximate surface area is 204 Å². The summed E-state index contributed by atoms with van der Waals surface area (Å²) in [6, 6.07) is 14.3. The summed E-state index contributed by atoms with van der Waals surface area (Å²) in [5.74, 6) is 1.70. The van der Waals surface area contributed by atoms with E-state index in [1.807, 2.05) is 48.7 Å². The molecule has 1 atom stereocenters. The van der Waals surface area contributed by atoms with E-state index in [1.165, 1.54) is 0 Å². The van der Waals surface area contributed by atoms with Crippen LogP contribution in [0.25, 0.3) is 0 Å². The summed E-state index contributed by atoms with van der Waals surface area (Å²) < 4.78 is 12.2. The second kappa shape index (κ2) is 9.57. The molecule has 34 heavy (non-hydrogen) atoms. The van der Waals surface area contributed by atoms with Crippen LogP contribution in [0.15, 0.2) is 51.9 Å². The van der Waals surface area contributed by atoms with Crippen molar-refractivity contribution in [2.24, 2.45) is 4.99 Å². The lowest BCUT2D eigenvalue weighted by Gasteiger charge is -2.27. The van der Waals surface area contributed by atoms with Crippen molar-refractivity contribution in [1.29, 1.82) is 10.5 Å². The number of halogens is 1. The Morgan fingerprint density at radius 1 is 1.21 bits per heavy atom. The third-order valence-electron chi connectivity index (χ3n) is 5.15. The molecule has 0 bridgehead atoms. The predicted molar refractivity (Wildman–Crippen MR) is 131 cm³/mol. The molecule has 0 radical (unpaired) electrons. The maximum atomic E-state index is 9.54. The Balaban J connectivity index is 1.81. The average Bonchev–Trinajstić information content (AvgIpc) is 2.83. The first kappa shape index (κ1) is 22.7. The summed E-state index contributed by atoms with van der Waals surface area (Å²) in [7, 11) is 1.60. The molecule has 11 heteroatoms. The number of nitrogen functional groups attached to an aromatic ring is 2. The standard InChI is InChI=1S/C23H19BrN8O2/c1-33-14-4-2-3-12(7-14)10-34-17-6-5-13(24)8-15(17)20-18-19(27)16(9-25)21(28)31-22(18)32-23(30-20)29-11-26/h2-8,20H,10H2,1H3,(H6,27,28,29,30,31,32). The fraction of sp³-hybridized carbons (Fsp3) is 0.130. The van der Waals surface area contributed by atoms with E-state index in [9.17, 15) is 5.26 Å². The van der Waals surface area contributed by atoms with Gasteiger partial charge in [0.2, 0.25) is 5.96 Å². The molecule has 2 heterocycles. The Morgan fingerprint density at radius 3 is 2.76 bits per heavy atom. The number of hydrogen-bond acceptors (Lipinski definition) is 10. The minimum Gasteiger partial charge on any atom is -0.497 e. The summed E-state index contributed by atoms with van der Waals surface area (Å²) in [4.78, 5) is 8.90. The van der Waals surface area contributed by atoms with Gasteiger partial charge in [0.25, 0.3) is 0 Å². The van der Waals surface area contributed by atoms with Crippen molar-refractivity contribution in [2.45, 2.75) is 12.6 Å². The second-order valence-electron chi connectivity index (χ2n) is 7.22. The molecule has 0 fully saturated rings. The van der Waals surface area contributed by atoms with Crippen LogP contribution in [0.3, 0.4) is 0 Å². The molecule has 0 spiro atoms. The first-order valence-electron chi connectivity index (χ1n) is 9.99. The smallest absolute Gasteiger partial charge is 0.211 e. The highest BCUT2D eigenvalue weighted by Crippen LogP contribution is 2.44. The van der Waals surface area contributed by atoms with Crippen LogP contribution in [-0.2, 0) is 6.61 Å². The lowest BCUT2D eigenvalue weighted by Crippen LogP contribution is -2.33. The highest BCUT2D eigenvalue weighted by atomic mass is 79.9. The van der Waals surface area contributed by atoms with Gasteiger partial charge in [-0.25, -0.2) is 9.98 Å². The van der Waals surface area contributed by atoms with Crippen LogP contribution in [-0.4, -0.2) is 18.1 Å². The van der Waals surface area contributed by atoms with Crippen molar-refractivity contribution >= 4 is 39.2 Å². The number of nitrogens with two attached hydrogens (primary N) is 2. The number of guanidine groups is 1. The SMILES string of the molecule is COc1cccc(COc2ccc(Br)cc2C2N=C(NC#N)Nc3nc(N)c(C#N)c(N)c32)c1. The molecule has 3 aromatic rings. The maximum absolute atomic E-state index is 9.54. The number of hydrogen-bond donors (Lipinski definition) is 4. The zero-order valence-corrected chi connectivity index (χ0v) is 19.5. The van der Waals surface area contributed by atoms with E-state index >= 15 is 0 Å². The predicted octanol–water partition coefficient (Wildman–Crippen LogP) is 3.41. The molecule has 0 saturated carbocycles.